The lowest BCUT2D eigenvalue weighted by Gasteiger charge is -2.06. The summed E-state index contributed by atoms with van der Waals surface area (Å²) in [7, 11) is 1.26. The second kappa shape index (κ2) is 4.73. The number of rotatable bonds is 3. The Bertz CT molecular complexity index is 457. The molecule has 1 aliphatic rings. The molecule has 1 N–H and O–H groups in total. The van der Waals surface area contributed by atoms with Gasteiger partial charge in [0.25, 0.3) is 5.91 Å². The molecule has 0 saturated heterocycles. The van der Waals surface area contributed by atoms with E-state index >= 15 is 0 Å². The lowest BCUT2D eigenvalue weighted by atomic mass is 10.1. The Morgan fingerprint density at radius 2 is 2.24 bits per heavy atom. The van der Waals surface area contributed by atoms with Gasteiger partial charge in [0.15, 0.2) is 11.5 Å². The van der Waals surface area contributed by atoms with Crippen LogP contribution in [0, 0.1) is 0 Å². The Kier molecular flexibility index (Phi) is 3.13. The van der Waals surface area contributed by atoms with E-state index in [9.17, 15) is 9.59 Å². The maximum atomic E-state index is 11.8. The molecule has 0 spiro atoms. The van der Waals surface area contributed by atoms with Crippen molar-refractivity contribution in [1.82, 2.24) is 5.32 Å². The minimum Gasteiger partial charge on any atom is -0.468 e. The Morgan fingerprint density at radius 1 is 1.41 bits per heavy atom. The van der Waals surface area contributed by atoms with Gasteiger partial charge in [0.2, 0.25) is 6.79 Å². The second-order valence-corrected chi connectivity index (χ2v) is 3.30. The van der Waals surface area contributed by atoms with Crippen molar-refractivity contribution in [3.05, 3.63) is 23.8 Å². The van der Waals surface area contributed by atoms with Crippen molar-refractivity contribution in [2.24, 2.45) is 0 Å². The van der Waals surface area contributed by atoms with Crippen LogP contribution in [0.5, 0.6) is 11.5 Å². The van der Waals surface area contributed by atoms with Gasteiger partial charge in [0.05, 0.1) is 12.7 Å². The zero-order valence-electron chi connectivity index (χ0n) is 9.19. The summed E-state index contributed by atoms with van der Waals surface area (Å²) >= 11 is 0. The first kappa shape index (κ1) is 11.3. The van der Waals surface area contributed by atoms with E-state index in [2.05, 4.69) is 10.1 Å². The largest absolute Gasteiger partial charge is 0.468 e. The molecule has 17 heavy (non-hydrogen) atoms. The van der Waals surface area contributed by atoms with Crippen LogP contribution in [0.1, 0.15) is 10.4 Å². The maximum Gasteiger partial charge on any atom is 0.325 e. The number of carbonyl (C=O) groups is 2. The molecule has 0 aliphatic carbocycles. The van der Waals surface area contributed by atoms with Crippen LogP contribution in [-0.4, -0.2) is 32.3 Å². The van der Waals surface area contributed by atoms with Crippen molar-refractivity contribution < 1.29 is 23.8 Å². The Morgan fingerprint density at radius 3 is 3.00 bits per heavy atom. The van der Waals surface area contributed by atoms with Gasteiger partial charge in [-0.3, -0.25) is 9.59 Å². The normalized spacial score (nSPS) is 12.1. The number of amides is 1. The average molecular weight is 237 g/mol. The van der Waals surface area contributed by atoms with Crippen molar-refractivity contribution in [2.75, 3.05) is 20.4 Å². The summed E-state index contributed by atoms with van der Waals surface area (Å²) in [5.74, 6) is 0.00595. The quantitative estimate of drug-likeness (QED) is 0.766. The fourth-order valence-corrected chi connectivity index (χ4v) is 1.43. The molecule has 1 aromatic rings. The summed E-state index contributed by atoms with van der Waals surface area (Å²) in [6.07, 6.45) is 0. The van der Waals surface area contributed by atoms with E-state index < -0.39 is 11.9 Å². The average Bonchev–Trinajstić information content (AvgIpc) is 2.83. The number of para-hydroxylation sites is 1. The van der Waals surface area contributed by atoms with Gasteiger partial charge in [-0.2, -0.15) is 0 Å². The van der Waals surface area contributed by atoms with Gasteiger partial charge in [0.1, 0.15) is 6.54 Å². The van der Waals surface area contributed by atoms with Gasteiger partial charge >= 0.3 is 5.97 Å². The number of carbonyl (C=O) groups excluding carboxylic acids is 2. The van der Waals surface area contributed by atoms with Crippen LogP contribution < -0.4 is 14.8 Å². The van der Waals surface area contributed by atoms with Crippen molar-refractivity contribution in [2.45, 2.75) is 0 Å². The predicted molar refractivity (Wildman–Crippen MR) is 56.9 cm³/mol. The molecule has 0 radical (unpaired) electrons. The topological polar surface area (TPSA) is 73.9 Å². The van der Waals surface area contributed by atoms with E-state index in [0.29, 0.717) is 17.1 Å². The van der Waals surface area contributed by atoms with Crippen molar-refractivity contribution in [3.63, 3.8) is 0 Å². The van der Waals surface area contributed by atoms with Crippen molar-refractivity contribution >= 4 is 11.9 Å². The maximum absolute atomic E-state index is 11.8. The fourth-order valence-electron chi connectivity index (χ4n) is 1.43. The van der Waals surface area contributed by atoms with Gasteiger partial charge in [-0.1, -0.05) is 6.07 Å². The number of fused-ring (bicyclic) bond motifs is 1. The number of benzene rings is 1. The van der Waals surface area contributed by atoms with Gasteiger partial charge in [-0.15, -0.1) is 0 Å². The first-order valence-corrected chi connectivity index (χ1v) is 4.96. The molecule has 1 aromatic carbocycles. The third-order valence-electron chi connectivity index (χ3n) is 2.26. The van der Waals surface area contributed by atoms with Crippen LogP contribution in [0.2, 0.25) is 0 Å². The monoisotopic (exact) mass is 237 g/mol. The zero-order chi connectivity index (χ0) is 12.3. The molecule has 6 heteroatoms. The second-order valence-electron chi connectivity index (χ2n) is 3.30. The number of ether oxygens (including phenoxy) is 3. The molecule has 0 unspecified atom stereocenters. The summed E-state index contributed by atoms with van der Waals surface area (Å²) < 4.78 is 14.7. The Hall–Kier alpha value is -2.24. The van der Waals surface area contributed by atoms with Crippen molar-refractivity contribution in [1.29, 1.82) is 0 Å². The van der Waals surface area contributed by atoms with Crippen molar-refractivity contribution in [3.8, 4) is 11.5 Å². The lowest BCUT2D eigenvalue weighted by Crippen LogP contribution is -2.30. The molecular formula is C11H11NO5. The van der Waals surface area contributed by atoms with E-state index in [1.54, 1.807) is 18.2 Å². The van der Waals surface area contributed by atoms with Crippen LogP contribution in [0.25, 0.3) is 0 Å². The SMILES string of the molecule is COC(=O)CNC(=O)c1cccc2c1OCO2. The minimum absolute atomic E-state index is 0.0939. The standard InChI is InChI=1S/C11H11NO5/c1-15-9(13)5-12-11(14)7-3-2-4-8-10(7)17-6-16-8/h2-4H,5-6H2,1H3,(H,12,14). The Balaban J connectivity index is 2.10. The molecule has 0 atom stereocenters. The van der Waals surface area contributed by atoms with E-state index in [4.69, 9.17) is 9.47 Å². The van der Waals surface area contributed by atoms with Crippen LogP contribution in [-0.2, 0) is 9.53 Å². The first-order valence-electron chi connectivity index (χ1n) is 4.96. The Labute approximate surface area is 97.5 Å². The molecular weight excluding hydrogens is 226 g/mol. The molecule has 1 amide bonds. The molecule has 90 valence electrons. The van der Waals surface area contributed by atoms with Crippen LogP contribution >= 0.6 is 0 Å². The van der Waals surface area contributed by atoms with Crippen LogP contribution in [0.15, 0.2) is 18.2 Å². The fraction of sp³-hybridized carbons (Fsp3) is 0.273. The highest BCUT2D eigenvalue weighted by Gasteiger charge is 2.21. The van der Waals surface area contributed by atoms with Crippen LogP contribution in [0.3, 0.4) is 0 Å². The third-order valence-corrected chi connectivity index (χ3v) is 2.26. The third kappa shape index (κ3) is 2.30. The molecule has 2 rings (SSSR count). The summed E-state index contributed by atoms with van der Waals surface area (Å²) in [4.78, 5) is 22.7. The van der Waals surface area contributed by atoms with E-state index in [1.807, 2.05) is 0 Å². The number of nitrogens with one attached hydrogen (secondary N) is 1. The number of esters is 1. The molecule has 1 heterocycles. The molecule has 6 nitrogen and oxygen atoms in total. The number of methoxy groups -OCH3 is 1. The summed E-state index contributed by atoms with van der Waals surface area (Å²) in [6, 6.07) is 4.99. The minimum atomic E-state index is -0.511. The molecule has 0 fully saturated rings. The highest BCUT2D eigenvalue weighted by Crippen LogP contribution is 2.35. The van der Waals surface area contributed by atoms with E-state index in [0.717, 1.165) is 0 Å². The van der Waals surface area contributed by atoms with E-state index in [-0.39, 0.29) is 13.3 Å². The summed E-state index contributed by atoms with van der Waals surface area (Å²) in [5, 5.41) is 2.43. The zero-order valence-corrected chi connectivity index (χ0v) is 9.19. The smallest absolute Gasteiger partial charge is 0.325 e. The molecule has 0 bridgehead atoms. The highest BCUT2D eigenvalue weighted by atomic mass is 16.7. The van der Waals surface area contributed by atoms with Gasteiger partial charge in [0, 0.05) is 0 Å². The lowest BCUT2D eigenvalue weighted by molar-refractivity contribution is -0.139. The summed E-state index contributed by atoms with van der Waals surface area (Å²) in [5.41, 5.74) is 0.337. The van der Waals surface area contributed by atoms with Gasteiger partial charge in [-0.05, 0) is 12.1 Å². The van der Waals surface area contributed by atoms with Gasteiger partial charge in [-0.25, -0.2) is 0 Å². The molecule has 0 aromatic heterocycles. The predicted octanol–water partition coefficient (Wildman–Crippen LogP) is 0.318. The van der Waals surface area contributed by atoms with E-state index in [1.165, 1.54) is 7.11 Å². The number of hydrogen-bond acceptors (Lipinski definition) is 5. The molecule has 0 saturated carbocycles. The highest BCUT2D eigenvalue weighted by molar-refractivity contribution is 5.99. The van der Waals surface area contributed by atoms with Crippen LogP contribution in [0.4, 0.5) is 0 Å². The number of hydrogen-bond donors (Lipinski definition) is 1. The first-order chi connectivity index (χ1) is 8.22. The summed E-state index contributed by atoms with van der Waals surface area (Å²) in [6.45, 7) is -0.0868. The van der Waals surface area contributed by atoms with Gasteiger partial charge < -0.3 is 19.5 Å². The molecule has 1 aliphatic heterocycles.